The molecule has 0 aliphatic rings. The maximum atomic E-state index is 12.8. The van der Waals surface area contributed by atoms with Gasteiger partial charge in [0.15, 0.2) is 5.78 Å². The number of rotatable bonds is 6. The largest absolute Gasteiger partial charge is 0.496 e. The number of ketones is 1. The summed E-state index contributed by atoms with van der Waals surface area (Å²) < 4.78 is 5.21. The number of hydrogen-bond donors (Lipinski definition) is 0. The molecule has 0 aliphatic carbocycles. The van der Waals surface area contributed by atoms with Crippen LogP contribution in [-0.4, -0.2) is 17.8 Å². The van der Waals surface area contributed by atoms with E-state index in [0.717, 1.165) is 0 Å². The summed E-state index contributed by atoms with van der Waals surface area (Å²) in [5, 5.41) is 12.3. The van der Waals surface area contributed by atoms with Gasteiger partial charge in [-0.25, -0.2) is 0 Å². The first-order chi connectivity index (χ1) is 13.4. The van der Waals surface area contributed by atoms with Crippen LogP contribution in [0.4, 0.5) is 5.69 Å². The van der Waals surface area contributed by atoms with Gasteiger partial charge < -0.3 is 4.74 Å². The van der Waals surface area contributed by atoms with E-state index in [-0.39, 0.29) is 17.0 Å². The Balaban J connectivity index is 1.98. The Bertz CT molecular complexity index is 1070. The second-order valence-electron chi connectivity index (χ2n) is 5.65. The van der Waals surface area contributed by atoms with Crippen molar-refractivity contribution in [2.75, 3.05) is 7.11 Å². The highest BCUT2D eigenvalue weighted by molar-refractivity contribution is 7.99. The van der Waals surface area contributed by atoms with Crippen molar-refractivity contribution in [1.82, 2.24) is 0 Å². The van der Waals surface area contributed by atoms with Gasteiger partial charge >= 0.3 is 0 Å². The Kier molecular flexibility index (Phi) is 6.24. The van der Waals surface area contributed by atoms with Crippen LogP contribution in [0.5, 0.6) is 5.75 Å². The van der Waals surface area contributed by atoms with Crippen LogP contribution in [0.25, 0.3) is 0 Å². The lowest BCUT2D eigenvalue weighted by atomic mass is 10.0. The Morgan fingerprint density at radius 1 is 1.04 bits per heavy atom. The van der Waals surface area contributed by atoms with E-state index < -0.39 is 4.92 Å². The van der Waals surface area contributed by atoms with Crippen LogP contribution in [0.1, 0.15) is 15.9 Å². The minimum atomic E-state index is -0.515. The van der Waals surface area contributed by atoms with Crippen molar-refractivity contribution in [3.63, 3.8) is 0 Å². The van der Waals surface area contributed by atoms with E-state index in [0.29, 0.717) is 31.1 Å². The second-order valence-corrected chi connectivity index (χ2v) is 7.58. The highest BCUT2D eigenvalue weighted by atomic mass is 35.5. The van der Waals surface area contributed by atoms with Crippen LogP contribution in [0.3, 0.4) is 0 Å². The number of benzene rings is 3. The summed E-state index contributed by atoms with van der Waals surface area (Å²) >= 11 is 13.1. The van der Waals surface area contributed by atoms with E-state index in [2.05, 4.69) is 0 Å². The van der Waals surface area contributed by atoms with Crippen molar-refractivity contribution in [2.24, 2.45) is 0 Å². The first kappa shape index (κ1) is 20.2. The molecular formula is C20H13Cl2NO4S. The summed E-state index contributed by atoms with van der Waals surface area (Å²) in [5.74, 6) is 0.0519. The Labute approximate surface area is 175 Å². The van der Waals surface area contributed by atoms with Crippen molar-refractivity contribution in [3.05, 3.63) is 92.0 Å². The maximum Gasteiger partial charge on any atom is 0.283 e. The van der Waals surface area contributed by atoms with E-state index in [9.17, 15) is 14.9 Å². The smallest absolute Gasteiger partial charge is 0.283 e. The first-order valence-electron chi connectivity index (χ1n) is 7.99. The van der Waals surface area contributed by atoms with Crippen LogP contribution >= 0.6 is 35.0 Å². The SMILES string of the molecule is COc1ccccc1C(=O)c1ccc(Sc2ccc(Cl)c(Cl)c2)c([N+](=O)[O-])c1. The number of methoxy groups -OCH3 is 1. The molecule has 8 heteroatoms. The fraction of sp³-hybridized carbons (Fsp3) is 0.0500. The lowest BCUT2D eigenvalue weighted by Gasteiger charge is -2.09. The molecule has 3 rings (SSSR count). The lowest BCUT2D eigenvalue weighted by Crippen LogP contribution is -2.05. The molecule has 0 heterocycles. The molecular weight excluding hydrogens is 421 g/mol. The monoisotopic (exact) mass is 433 g/mol. The van der Waals surface area contributed by atoms with Crippen LogP contribution in [0.2, 0.25) is 10.0 Å². The van der Waals surface area contributed by atoms with Gasteiger partial charge in [0.1, 0.15) is 5.75 Å². The van der Waals surface area contributed by atoms with E-state index in [1.54, 1.807) is 54.6 Å². The lowest BCUT2D eigenvalue weighted by molar-refractivity contribution is -0.387. The number of nitrogens with zero attached hydrogens (tertiary/aromatic N) is 1. The molecule has 0 aliphatic heterocycles. The zero-order chi connectivity index (χ0) is 20.3. The summed E-state index contributed by atoms with van der Waals surface area (Å²) in [6, 6.07) is 16.1. The summed E-state index contributed by atoms with van der Waals surface area (Å²) in [6.07, 6.45) is 0. The van der Waals surface area contributed by atoms with E-state index >= 15 is 0 Å². The van der Waals surface area contributed by atoms with Gasteiger partial charge in [-0.2, -0.15) is 0 Å². The van der Waals surface area contributed by atoms with Crippen LogP contribution in [-0.2, 0) is 0 Å². The molecule has 142 valence electrons. The highest BCUT2D eigenvalue weighted by Crippen LogP contribution is 2.38. The molecule has 0 saturated heterocycles. The van der Waals surface area contributed by atoms with E-state index in [1.165, 1.54) is 24.9 Å². The maximum absolute atomic E-state index is 12.8. The number of carbonyl (C=O) groups is 1. The molecule has 0 bridgehead atoms. The third-order valence-electron chi connectivity index (χ3n) is 3.89. The van der Waals surface area contributed by atoms with Gasteiger partial charge in [0.2, 0.25) is 0 Å². The fourth-order valence-electron chi connectivity index (χ4n) is 2.54. The standard InChI is InChI=1S/C20H13Cl2NO4S/c1-27-18-5-3-2-4-14(18)20(24)12-6-9-19(17(10-12)23(25)26)28-13-7-8-15(21)16(22)11-13/h2-11H,1H3. The molecule has 0 N–H and O–H groups in total. The minimum absolute atomic E-state index is 0.170. The normalized spacial score (nSPS) is 10.5. The van der Waals surface area contributed by atoms with Crippen LogP contribution < -0.4 is 4.74 Å². The highest BCUT2D eigenvalue weighted by Gasteiger charge is 2.21. The molecule has 0 spiro atoms. The zero-order valence-corrected chi connectivity index (χ0v) is 16.8. The molecule has 0 saturated carbocycles. The summed E-state index contributed by atoms with van der Waals surface area (Å²) in [6.45, 7) is 0. The molecule has 0 aromatic heterocycles. The molecule has 3 aromatic rings. The Morgan fingerprint density at radius 3 is 2.46 bits per heavy atom. The van der Waals surface area contributed by atoms with Crippen molar-refractivity contribution >= 4 is 46.4 Å². The van der Waals surface area contributed by atoms with Gasteiger partial charge in [-0.15, -0.1) is 0 Å². The third-order valence-corrected chi connectivity index (χ3v) is 5.68. The molecule has 0 amide bonds. The van der Waals surface area contributed by atoms with Crippen molar-refractivity contribution < 1.29 is 14.5 Å². The number of halogens is 2. The van der Waals surface area contributed by atoms with Crippen molar-refractivity contribution in [1.29, 1.82) is 0 Å². The number of nitro benzene ring substituents is 1. The molecule has 5 nitrogen and oxygen atoms in total. The summed E-state index contributed by atoms with van der Waals surface area (Å²) in [7, 11) is 1.46. The summed E-state index contributed by atoms with van der Waals surface area (Å²) in [5.41, 5.74) is 0.371. The van der Waals surface area contributed by atoms with Gasteiger partial charge in [-0.3, -0.25) is 14.9 Å². The first-order valence-corrected chi connectivity index (χ1v) is 9.57. The molecule has 0 radical (unpaired) electrons. The predicted molar refractivity (Wildman–Crippen MR) is 110 cm³/mol. The third kappa shape index (κ3) is 4.30. The van der Waals surface area contributed by atoms with E-state index in [1.807, 2.05) is 0 Å². The number of ether oxygens (including phenoxy) is 1. The predicted octanol–water partition coefficient (Wildman–Crippen LogP) is 6.29. The minimum Gasteiger partial charge on any atom is -0.496 e. The molecule has 0 fully saturated rings. The van der Waals surface area contributed by atoms with Gasteiger partial charge in [-0.05, 0) is 42.5 Å². The number of carbonyl (C=O) groups excluding carboxylic acids is 1. The summed E-state index contributed by atoms with van der Waals surface area (Å²) in [4.78, 5) is 25.0. The molecule has 3 aromatic carbocycles. The van der Waals surface area contributed by atoms with Gasteiger partial charge in [0, 0.05) is 16.5 Å². The fourth-order valence-corrected chi connectivity index (χ4v) is 3.85. The van der Waals surface area contributed by atoms with E-state index in [4.69, 9.17) is 27.9 Å². The number of nitro groups is 1. The van der Waals surface area contributed by atoms with Crippen LogP contribution in [0, 0.1) is 10.1 Å². The van der Waals surface area contributed by atoms with Gasteiger partial charge in [0.25, 0.3) is 5.69 Å². The van der Waals surface area contributed by atoms with Crippen molar-refractivity contribution in [3.8, 4) is 5.75 Å². The van der Waals surface area contributed by atoms with Gasteiger partial charge in [-0.1, -0.05) is 47.1 Å². The molecule has 28 heavy (non-hydrogen) atoms. The average molecular weight is 434 g/mol. The molecule has 0 unspecified atom stereocenters. The molecule has 0 atom stereocenters. The van der Waals surface area contributed by atoms with Gasteiger partial charge in [0.05, 0.1) is 32.5 Å². The number of hydrogen-bond acceptors (Lipinski definition) is 5. The quantitative estimate of drug-likeness (QED) is 0.259. The average Bonchev–Trinajstić information content (AvgIpc) is 2.70. The zero-order valence-electron chi connectivity index (χ0n) is 14.5. The van der Waals surface area contributed by atoms with Crippen molar-refractivity contribution in [2.45, 2.75) is 9.79 Å². The Hall–Kier alpha value is -2.54. The van der Waals surface area contributed by atoms with Crippen LogP contribution in [0.15, 0.2) is 70.5 Å². The topological polar surface area (TPSA) is 69.4 Å². The Morgan fingerprint density at radius 2 is 1.79 bits per heavy atom. The second kappa shape index (κ2) is 8.65. The number of para-hydroxylation sites is 1.